The molecule has 2 fully saturated rings. The number of aliphatic imine (C=N–C) groups is 1. The second-order valence-electron chi connectivity index (χ2n) is 5.78. The van der Waals surface area contributed by atoms with Gasteiger partial charge in [0.25, 0.3) is 5.92 Å². The number of nitrogens with two attached hydrogens (primary N) is 1. The number of aromatic amines is 1. The molecule has 1 aliphatic heterocycles. The molecule has 116 valence electrons. The van der Waals surface area contributed by atoms with Crippen molar-refractivity contribution in [1.29, 1.82) is 0 Å². The molecule has 2 unspecified atom stereocenters. The molecule has 1 saturated carbocycles. The topological polar surface area (TPSA) is 78.2 Å². The first-order chi connectivity index (χ1) is 10.0. The fraction of sp³-hybridized carbons (Fsp3) is 0.643. The summed E-state index contributed by atoms with van der Waals surface area (Å²) in [5, 5.41) is 6.24. The molecule has 5 nitrogen and oxygen atoms in total. The van der Waals surface area contributed by atoms with Crippen LogP contribution in [0.2, 0.25) is 0 Å². The first-order valence-corrected chi connectivity index (χ1v) is 7.34. The molecular weight excluding hydrogens is 276 g/mol. The first kappa shape index (κ1) is 14.3. The Hall–Kier alpha value is -1.63. The number of aromatic nitrogens is 1. The van der Waals surface area contributed by atoms with Crippen LogP contribution in [0.3, 0.4) is 0 Å². The molecule has 2 heterocycles. The van der Waals surface area contributed by atoms with E-state index in [1.165, 1.54) is 0 Å². The normalized spacial score (nSPS) is 28.4. The smallest absolute Gasteiger partial charge is 0.256 e. The number of nitrogens with one attached hydrogen (secondary N) is 3. The predicted molar refractivity (Wildman–Crippen MR) is 79.3 cm³/mol. The average Bonchev–Trinajstić information content (AvgIpc) is 2.92. The summed E-state index contributed by atoms with van der Waals surface area (Å²) in [5.41, 5.74) is 7.29. The lowest BCUT2D eigenvalue weighted by atomic mass is 10.1. The van der Waals surface area contributed by atoms with Crippen LogP contribution in [0.25, 0.3) is 0 Å². The van der Waals surface area contributed by atoms with E-state index in [9.17, 15) is 8.78 Å². The van der Waals surface area contributed by atoms with Crippen LogP contribution in [0.15, 0.2) is 11.2 Å². The number of halogens is 2. The molecule has 1 aromatic heterocycles. The summed E-state index contributed by atoms with van der Waals surface area (Å²) in [6.45, 7) is 1.78. The monoisotopic (exact) mass is 297 g/mol. The highest BCUT2D eigenvalue weighted by Crippen LogP contribution is 2.57. The molecular formula is C14H21F2N5. The van der Waals surface area contributed by atoms with E-state index in [2.05, 4.69) is 20.6 Å². The number of H-pyrrole nitrogens is 1. The van der Waals surface area contributed by atoms with Gasteiger partial charge in [0.05, 0.1) is 17.5 Å². The van der Waals surface area contributed by atoms with E-state index in [0.29, 0.717) is 22.8 Å². The van der Waals surface area contributed by atoms with Gasteiger partial charge in [0.15, 0.2) is 0 Å². The fourth-order valence-electron chi connectivity index (χ4n) is 2.94. The largest absolute Gasteiger partial charge is 0.383 e. The molecule has 3 rings (SSSR count). The van der Waals surface area contributed by atoms with Crippen LogP contribution in [0, 0.1) is 0 Å². The van der Waals surface area contributed by atoms with Gasteiger partial charge in [0.1, 0.15) is 11.7 Å². The first-order valence-electron chi connectivity index (χ1n) is 7.34. The van der Waals surface area contributed by atoms with E-state index in [4.69, 9.17) is 5.73 Å². The Morgan fingerprint density at radius 1 is 1.52 bits per heavy atom. The highest BCUT2D eigenvalue weighted by atomic mass is 19.3. The maximum Gasteiger partial charge on any atom is 0.256 e. The fourth-order valence-corrected chi connectivity index (χ4v) is 2.94. The molecule has 5 N–H and O–H groups in total. The van der Waals surface area contributed by atoms with Gasteiger partial charge in [-0.05, 0) is 24.9 Å². The van der Waals surface area contributed by atoms with Crippen molar-refractivity contribution in [2.75, 3.05) is 25.5 Å². The molecule has 0 spiro atoms. The van der Waals surface area contributed by atoms with Crippen molar-refractivity contribution in [3.63, 3.8) is 0 Å². The van der Waals surface area contributed by atoms with Crippen LogP contribution < -0.4 is 16.4 Å². The minimum Gasteiger partial charge on any atom is -0.383 e. The summed E-state index contributed by atoms with van der Waals surface area (Å²) in [4.78, 5) is 7.51. The number of amidine groups is 1. The number of hydrogen-bond donors (Lipinski definition) is 4. The lowest BCUT2D eigenvalue weighted by Crippen LogP contribution is -2.34. The molecule has 2 aliphatic rings. The van der Waals surface area contributed by atoms with Gasteiger partial charge in [-0.2, -0.15) is 0 Å². The Morgan fingerprint density at radius 3 is 2.86 bits per heavy atom. The Kier molecular flexibility index (Phi) is 3.61. The van der Waals surface area contributed by atoms with Crippen molar-refractivity contribution < 1.29 is 8.78 Å². The predicted octanol–water partition coefficient (Wildman–Crippen LogP) is 1.64. The third-order valence-corrected chi connectivity index (χ3v) is 4.21. The standard InChI is InChI=1S/C14H21F2N5/c1-18-13-11(9(7-20-13)10-5-14(10,15)16)12(17)21-8-3-2-4-19-6-8/h7-8,10,18-20H,2-6H2,1H3,(H2,17,21). The van der Waals surface area contributed by atoms with Crippen LogP contribution in [0.4, 0.5) is 14.6 Å². The SMILES string of the molecule is CNc1[nH]cc(C2CC2(F)F)c1C(N)=NC1CCCNC1. The van der Waals surface area contributed by atoms with Gasteiger partial charge >= 0.3 is 0 Å². The highest BCUT2D eigenvalue weighted by Gasteiger charge is 2.58. The Morgan fingerprint density at radius 2 is 2.29 bits per heavy atom. The van der Waals surface area contributed by atoms with E-state index in [-0.39, 0.29) is 12.5 Å². The molecule has 2 atom stereocenters. The summed E-state index contributed by atoms with van der Waals surface area (Å²) in [7, 11) is 1.74. The van der Waals surface area contributed by atoms with Crippen molar-refractivity contribution in [2.24, 2.45) is 10.7 Å². The maximum atomic E-state index is 13.4. The summed E-state index contributed by atoms with van der Waals surface area (Å²) in [6, 6.07) is 0.117. The molecule has 0 aromatic carbocycles. The van der Waals surface area contributed by atoms with Gasteiger partial charge < -0.3 is 21.4 Å². The lowest BCUT2D eigenvalue weighted by Gasteiger charge is -2.20. The zero-order valence-corrected chi connectivity index (χ0v) is 12.0. The van der Waals surface area contributed by atoms with E-state index in [1.807, 2.05) is 0 Å². The van der Waals surface area contributed by atoms with Crippen LogP contribution in [-0.4, -0.2) is 42.9 Å². The minimum absolute atomic E-state index is 0.112. The number of piperidine rings is 1. The summed E-state index contributed by atoms with van der Waals surface area (Å²) >= 11 is 0. The van der Waals surface area contributed by atoms with Crippen molar-refractivity contribution in [1.82, 2.24) is 10.3 Å². The minimum atomic E-state index is -2.62. The highest BCUT2D eigenvalue weighted by molar-refractivity contribution is 6.03. The van der Waals surface area contributed by atoms with Gasteiger partial charge in [0.2, 0.25) is 0 Å². The maximum absolute atomic E-state index is 13.4. The van der Waals surface area contributed by atoms with Gasteiger partial charge in [-0.25, -0.2) is 8.78 Å². The Balaban J connectivity index is 1.89. The van der Waals surface area contributed by atoms with E-state index in [0.717, 1.165) is 25.9 Å². The van der Waals surface area contributed by atoms with Crippen LogP contribution in [0.1, 0.15) is 36.3 Å². The van der Waals surface area contributed by atoms with Gasteiger partial charge in [0, 0.05) is 26.2 Å². The Bertz CT molecular complexity index is 546. The molecule has 0 amide bonds. The molecule has 1 aliphatic carbocycles. The van der Waals surface area contributed by atoms with Crippen molar-refractivity contribution in [3.8, 4) is 0 Å². The second kappa shape index (κ2) is 5.29. The second-order valence-corrected chi connectivity index (χ2v) is 5.78. The van der Waals surface area contributed by atoms with Crippen LogP contribution in [-0.2, 0) is 0 Å². The van der Waals surface area contributed by atoms with Gasteiger partial charge in [-0.15, -0.1) is 0 Å². The van der Waals surface area contributed by atoms with Crippen molar-refractivity contribution >= 4 is 11.7 Å². The number of rotatable bonds is 4. The quantitative estimate of drug-likeness (QED) is 0.504. The zero-order valence-electron chi connectivity index (χ0n) is 12.0. The Labute approximate surface area is 122 Å². The van der Waals surface area contributed by atoms with Crippen LogP contribution in [0.5, 0.6) is 0 Å². The molecule has 7 heteroatoms. The van der Waals surface area contributed by atoms with Gasteiger partial charge in [-0.3, -0.25) is 4.99 Å². The van der Waals surface area contributed by atoms with E-state index >= 15 is 0 Å². The van der Waals surface area contributed by atoms with Crippen LogP contribution >= 0.6 is 0 Å². The third kappa shape index (κ3) is 2.74. The van der Waals surface area contributed by atoms with Crippen molar-refractivity contribution in [2.45, 2.75) is 37.1 Å². The molecule has 0 bridgehead atoms. The lowest BCUT2D eigenvalue weighted by molar-refractivity contribution is 0.112. The molecule has 0 radical (unpaired) electrons. The number of anilines is 1. The molecule has 1 aromatic rings. The number of nitrogens with zero attached hydrogens (tertiary/aromatic N) is 1. The van der Waals surface area contributed by atoms with Gasteiger partial charge in [-0.1, -0.05) is 0 Å². The third-order valence-electron chi connectivity index (χ3n) is 4.21. The van der Waals surface area contributed by atoms with E-state index < -0.39 is 11.8 Å². The zero-order chi connectivity index (χ0) is 15.0. The van der Waals surface area contributed by atoms with Crippen molar-refractivity contribution in [3.05, 3.63) is 17.3 Å². The molecule has 1 saturated heterocycles. The average molecular weight is 297 g/mol. The number of alkyl halides is 2. The summed E-state index contributed by atoms with van der Waals surface area (Å²) in [5.74, 6) is -2.37. The van der Waals surface area contributed by atoms with E-state index in [1.54, 1.807) is 13.2 Å². The summed E-state index contributed by atoms with van der Waals surface area (Å²) < 4.78 is 26.7. The number of hydrogen-bond acceptors (Lipinski definition) is 3. The molecule has 21 heavy (non-hydrogen) atoms. The summed E-state index contributed by atoms with van der Waals surface area (Å²) in [6.07, 6.45) is 3.54.